The van der Waals surface area contributed by atoms with E-state index in [4.69, 9.17) is 0 Å². The van der Waals surface area contributed by atoms with E-state index in [1.54, 1.807) is 5.57 Å². The molecule has 9 unspecified atom stereocenters. The molecule has 47 heavy (non-hydrogen) atoms. The topological polar surface area (TPSA) is 52.6 Å². The van der Waals surface area contributed by atoms with Crippen LogP contribution in [0.3, 0.4) is 0 Å². The first kappa shape index (κ1) is 34.4. The number of thioether (sulfide) groups is 1. The molecule has 1 saturated heterocycles. The number of allylic oxidation sites excluding steroid dienone is 5. The first-order valence-electron chi connectivity index (χ1n) is 19.8. The van der Waals surface area contributed by atoms with E-state index in [2.05, 4.69) is 75.3 Å². The van der Waals surface area contributed by atoms with Crippen molar-refractivity contribution >= 4 is 17.7 Å². The van der Waals surface area contributed by atoms with Gasteiger partial charge in [-0.25, -0.2) is 0 Å². The zero-order valence-electron chi connectivity index (χ0n) is 30.5. The first-order valence-corrected chi connectivity index (χ1v) is 20.9. The molecule has 4 saturated carbocycles. The highest BCUT2D eigenvalue weighted by atomic mass is 32.2. The van der Waals surface area contributed by atoms with Crippen molar-refractivity contribution in [1.29, 1.82) is 0 Å². The molecule has 7 rings (SSSR count). The van der Waals surface area contributed by atoms with Gasteiger partial charge in [0, 0.05) is 30.9 Å². The SMILES string of the molecule is C=C(C)[C@@H]1CCC2(NCCN3CCCSCC3)CC[C@]3(C)C(CCC4C5(C)CC=C(C6=CCC(C(=O)O)CC6)C(C)C5CCC43C)C12. The summed E-state index contributed by atoms with van der Waals surface area (Å²) in [5.41, 5.74) is 5.89. The summed E-state index contributed by atoms with van der Waals surface area (Å²) in [6.45, 7) is 22.6. The van der Waals surface area contributed by atoms with Crippen molar-refractivity contribution < 1.29 is 9.90 Å². The molecule has 1 heterocycles. The Labute approximate surface area is 291 Å². The van der Waals surface area contributed by atoms with Crippen molar-refractivity contribution in [3.05, 3.63) is 35.5 Å². The standard InChI is InChI=1S/C42H66N2O2S/c1-28(2)32-15-19-42(43-22-24-44-23-7-26-47-27-25-44)21-20-40(5)35(37(32)42)12-13-36-39(4)17-14-33(29(3)34(39)16-18-41(36,40)6)30-8-10-31(11-9-30)38(45)46/h8,14,29,31-32,34-37,43H,1,7,9-13,15-27H2,2-6H3,(H,45,46)/t29?,31?,32-,34?,35?,36?,37?,39?,40+,41?,42?/m0/s1. The van der Waals surface area contributed by atoms with Crippen LogP contribution in [0.1, 0.15) is 118 Å². The van der Waals surface area contributed by atoms with E-state index < -0.39 is 5.97 Å². The highest BCUT2D eigenvalue weighted by Crippen LogP contribution is 2.75. The fraction of sp³-hybridized carbons (Fsp3) is 0.833. The number of hydrogen-bond acceptors (Lipinski definition) is 4. The van der Waals surface area contributed by atoms with Crippen LogP contribution < -0.4 is 5.32 Å². The molecule has 6 aliphatic carbocycles. The number of rotatable bonds is 7. The summed E-state index contributed by atoms with van der Waals surface area (Å²) >= 11 is 2.14. The molecule has 4 nitrogen and oxygen atoms in total. The number of nitrogens with one attached hydrogen (secondary N) is 1. The van der Waals surface area contributed by atoms with E-state index in [0.717, 1.165) is 43.1 Å². The fourth-order valence-electron chi connectivity index (χ4n) is 13.9. The van der Waals surface area contributed by atoms with Crippen LogP contribution in [0, 0.1) is 57.7 Å². The number of fused-ring (bicyclic) bond motifs is 7. The lowest BCUT2D eigenvalue weighted by Crippen LogP contribution is -2.67. The number of carbonyl (C=O) groups is 1. The lowest BCUT2D eigenvalue weighted by atomic mass is 9.33. The minimum Gasteiger partial charge on any atom is -0.481 e. The lowest BCUT2D eigenvalue weighted by Gasteiger charge is -2.71. The second-order valence-electron chi connectivity index (χ2n) is 18.3. The van der Waals surface area contributed by atoms with E-state index in [1.807, 2.05) is 0 Å². The van der Waals surface area contributed by atoms with Crippen LogP contribution in [0.15, 0.2) is 35.5 Å². The maximum absolute atomic E-state index is 11.6. The quantitative estimate of drug-likeness (QED) is 0.266. The van der Waals surface area contributed by atoms with Crippen LogP contribution >= 0.6 is 11.8 Å². The normalized spacial score (nSPS) is 47.0. The molecule has 7 aliphatic rings. The predicted molar refractivity (Wildman–Crippen MR) is 198 cm³/mol. The molecule has 262 valence electrons. The van der Waals surface area contributed by atoms with Gasteiger partial charge in [0.1, 0.15) is 0 Å². The third-order valence-electron chi connectivity index (χ3n) is 16.6. The number of aliphatic carboxylic acids is 1. The maximum atomic E-state index is 11.6. The van der Waals surface area contributed by atoms with Gasteiger partial charge in [0.15, 0.2) is 0 Å². The Hall–Kier alpha value is -1.04. The molecular weight excluding hydrogens is 597 g/mol. The van der Waals surface area contributed by atoms with Gasteiger partial charge in [-0.15, -0.1) is 0 Å². The Morgan fingerprint density at radius 2 is 1.83 bits per heavy atom. The highest BCUT2D eigenvalue weighted by molar-refractivity contribution is 7.99. The molecule has 0 bridgehead atoms. The van der Waals surface area contributed by atoms with Crippen molar-refractivity contribution in [3.63, 3.8) is 0 Å². The van der Waals surface area contributed by atoms with Crippen molar-refractivity contribution in [2.45, 2.75) is 124 Å². The van der Waals surface area contributed by atoms with Crippen LogP contribution in [0.5, 0.6) is 0 Å². The second-order valence-corrected chi connectivity index (χ2v) is 19.5. The Kier molecular flexibility index (Phi) is 9.47. The first-order chi connectivity index (χ1) is 22.4. The molecular formula is C42H66N2O2S. The summed E-state index contributed by atoms with van der Waals surface area (Å²) < 4.78 is 0. The van der Waals surface area contributed by atoms with Crippen LogP contribution in [-0.2, 0) is 4.79 Å². The van der Waals surface area contributed by atoms with Gasteiger partial charge in [-0.05, 0) is 166 Å². The third kappa shape index (κ3) is 5.58. The van der Waals surface area contributed by atoms with Gasteiger partial charge < -0.3 is 15.3 Å². The predicted octanol–water partition coefficient (Wildman–Crippen LogP) is 9.38. The average Bonchev–Trinajstić information content (AvgIpc) is 3.23. The van der Waals surface area contributed by atoms with Gasteiger partial charge in [0.05, 0.1) is 5.92 Å². The third-order valence-corrected chi connectivity index (χ3v) is 17.7. The zero-order valence-corrected chi connectivity index (χ0v) is 31.4. The van der Waals surface area contributed by atoms with Crippen LogP contribution in [0.4, 0.5) is 0 Å². The Morgan fingerprint density at radius 1 is 1.00 bits per heavy atom. The Morgan fingerprint density at radius 3 is 2.57 bits per heavy atom. The molecule has 2 N–H and O–H groups in total. The van der Waals surface area contributed by atoms with Crippen molar-refractivity contribution in [2.75, 3.05) is 37.7 Å². The molecule has 0 amide bonds. The second kappa shape index (κ2) is 12.9. The Balaban J connectivity index is 1.12. The van der Waals surface area contributed by atoms with Gasteiger partial charge in [-0.3, -0.25) is 4.79 Å². The van der Waals surface area contributed by atoms with E-state index in [0.29, 0.717) is 40.0 Å². The summed E-state index contributed by atoms with van der Waals surface area (Å²) in [7, 11) is 0. The molecule has 11 atom stereocenters. The number of hydrogen-bond donors (Lipinski definition) is 2. The fourth-order valence-corrected chi connectivity index (χ4v) is 14.8. The number of nitrogens with zero attached hydrogens (tertiary/aromatic N) is 1. The summed E-state index contributed by atoms with van der Waals surface area (Å²) in [5.74, 6) is 6.08. The largest absolute Gasteiger partial charge is 0.481 e. The van der Waals surface area contributed by atoms with E-state index in [1.165, 1.54) is 106 Å². The molecule has 0 radical (unpaired) electrons. The molecule has 1 aliphatic heterocycles. The van der Waals surface area contributed by atoms with Crippen molar-refractivity contribution in [2.24, 2.45) is 57.7 Å². The monoisotopic (exact) mass is 662 g/mol. The van der Waals surface area contributed by atoms with Gasteiger partial charge >= 0.3 is 5.97 Å². The molecule has 0 aromatic rings. The van der Waals surface area contributed by atoms with Gasteiger partial charge in [0.2, 0.25) is 0 Å². The minimum atomic E-state index is -0.621. The van der Waals surface area contributed by atoms with E-state index >= 15 is 0 Å². The zero-order chi connectivity index (χ0) is 33.2. The lowest BCUT2D eigenvalue weighted by molar-refractivity contribution is -0.215. The summed E-state index contributed by atoms with van der Waals surface area (Å²) in [4.78, 5) is 14.3. The average molecular weight is 663 g/mol. The van der Waals surface area contributed by atoms with Crippen LogP contribution in [-0.4, -0.2) is 59.2 Å². The highest BCUT2D eigenvalue weighted by Gasteiger charge is 2.69. The maximum Gasteiger partial charge on any atom is 0.306 e. The molecule has 5 heteroatoms. The van der Waals surface area contributed by atoms with Crippen molar-refractivity contribution in [1.82, 2.24) is 10.2 Å². The van der Waals surface area contributed by atoms with Crippen LogP contribution in [0.2, 0.25) is 0 Å². The molecule has 0 aromatic heterocycles. The smallest absolute Gasteiger partial charge is 0.306 e. The van der Waals surface area contributed by atoms with Gasteiger partial charge in [-0.1, -0.05) is 52.0 Å². The van der Waals surface area contributed by atoms with E-state index in [-0.39, 0.29) is 5.92 Å². The molecule has 0 aromatic carbocycles. The van der Waals surface area contributed by atoms with Crippen molar-refractivity contribution in [3.8, 4) is 0 Å². The summed E-state index contributed by atoms with van der Waals surface area (Å²) in [6.07, 6.45) is 20.8. The minimum absolute atomic E-state index is 0.193. The summed E-state index contributed by atoms with van der Waals surface area (Å²) in [5, 5.41) is 13.9. The molecule has 5 fully saturated rings. The molecule has 0 spiro atoms. The van der Waals surface area contributed by atoms with Crippen LogP contribution in [0.25, 0.3) is 0 Å². The van der Waals surface area contributed by atoms with Gasteiger partial charge in [-0.2, -0.15) is 11.8 Å². The number of carboxylic acids is 1. The Bertz CT molecular complexity index is 1280. The van der Waals surface area contributed by atoms with Gasteiger partial charge in [0.25, 0.3) is 0 Å². The summed E-state index contributed by atoms with van der Waals surface area (Å²) in [6, 6.07) is 0. The number of carboxylic acid groups (broad SMARTS) is 1. The van der Waals surface area contributed by atoms with E-state index in [9.17, 15) is 9.90 Å².